The molecule has 2 nitrogen and oxygen atoms in total. The van der Waals surface area contributed by atoms with Gasteiger partial charge >= 0.3 is 0 Å². The second kappa shape index (κ2) is 1.65. The molecule has 0 spiro atoms. The van der Waals surface area contributed by atoms with Crippen LogP contribution in [0.25, 0.3) is 6.08 Å². The topological polar surface area (TPSA) is 40.9 Å². The molecular weight excluding hydrogens is 114 g/mol. The maximum absolute atomic E-state index is 10.6. The Labute approximate surface area is 52.7 Å². The highest BCUT2D eigenvalue weighted by atomic mass is 16.1. The zero-order valence-corrected chi connectivity index (χ0v) is 5.19. The molecule has 1 N–H and O–H groups in total. The third-order valence-corrected chi connectivity index (χ3v) is 1.45. The third kappa shape index (κ3) is 0.560. The van der Waals surface area contributed by atoms with Gasteiger partial charge in [-0.25, -0.2) is 0 Å². The van der Waals surface area contributed by atoms with Crippen LogP contribution in [0.3, 0.4) is 0 Å². The molecule has 9 heavy (non-hydrogen) atoms. The lowest BCUT2D eigenvalue weighted by atomic mass is 10.0. The molecule has 0 fully saturated rings. The van der Waals surface area contributed by atoms with Crippen LogP contribution in [0.2, 0.25) is 0 Å². The molecule has 0 heterocycles. The van der Waals surface area contributed by atoms with Crippen molar-refractivity contribution in [2.24, 2.45) is 0 Å². The van der Waals surface area contributed by atoms with Gasteiger partial charge in [-0.3, -0.25) is 10.2 Å². The molecule has 0 bridgehead atoms. The van der Waals surface area contributed by atoms with E-state index in [1.165, 1.54) is 0 Å². The second-order valence-electron chi connectivity index (χ2n) is 1.95. The van der Waals surface area contributed by atoms with Gasteiger partial charge in [0.15, 0.2) is 0 Å². The van der Waals surface area contributed by atoms with E-state index in [4.69, 9.17) is 5.41 Å². The average molecular weight is 121 g/mol. The Kier molecular flexibility index (Phi) is 1.09. The fourth-order valence-electron chi connectivity index (χ4n) is 0.812. The summed E-state index contributed by atoms with van der Waals surface area (Å²) in [6.45, 7) is 5.17. The molecule has 1 aromatic rings. The molecular formula is C7H7NO. The van der Waals surface area contributed by atoms with Gasteiger partial charge in [0.05, 0.1) is 0 Å². The molecule has 1 aromatic carbocycles. The number of hydrogen-bond donors (Lipinski definition) is 1. The van der Waals surface area contributed by atoms with Crippen LogP contribution < -0.4 is 10.8 Å². The zero-order chi connectivity index (χ0) is 7.02. The van der Waals surface area contributed by atoms with E-state index in [1.54, 1.807) is 13.0 Å². The minimum Gasteiger partial charge on any atom is -0.296 e. The number of hydrogen-bond acceptors (Lipinski definition) is 2. The lowest BCUT2D eigenvalue weighted by Crippen LogP contribution is -2.36. The van der Waals surface area contributed by atoms with Crippen LogP contribution >= 0.6 is 0 Å². The van der Waals surface area contributed by atoms with E-state index in [2.05, 4.69) is 6.58 Å². The van der Waals surface area contributed by atoms with Crippen molar-refractivity contribution in [2.75, 3.05) is 0 Å². The fraction of sp³-hybridized carbons (Fsp3) is 0.143. The molecule has 46 valence electrons. The molecule has 0 amide bonds. The molecule has 0 aromatic heterocycles. The molecule has 0 aliphatic rings. The molecule has 0 saturated heterocycles. The van der Waals surface area contributed by atoms with Crippen molar-refractivity contribution >= 4 is 6.08 Å². The quantitative estimate of drug-likeness (QED) is 0.572. The van der Waals surface area contributed by atoms with Crippen LogP contribution in [0, 0.1) is 12.3 Å². The van der Waals surface area contributed by atoms with Crippen LogP contribution in [0.5, 0.6) is 0 Å². The zero-order valence-electron chi connectivity index (χ0n) is 5.19. The van der Waals surface area contributed by atoms with E-state index >= 15 is 0 Å². The summed E-state index contributed by atoms with van der Waals surface area (Å²) < 4.78 is 0. The van der Waals surface area contributed by atoms with Crippen molar-refractivity contribution in [2.45, 2.75) is 6.92 Å². The molecule has 0 saturated carbocycles. The van der Waals surface area contributed by atoms with Crippen LogP contribution in [0.15, 0.2) is 11.4 Å². The summed E-state index contributed by atoms with van der Waals surface area (Å²) in [5.41, 5.74) is 1.21. The van der Waals surface area contributed by atoms with Gasteiger partial charge in [0.2, 0.25) is 5.43 Å². The number of rotatable bonds is 1. The molecule has 0 unspecified atom stereocenters. The maximum Gasteiger partial charge on any atom is 0.207 e. The van der Waals surface area contributed by atoms with Gasteiger partial charge in [-0.2, -0.15) is 0 Å². The van der Waals surface area contributed by atoms with E-state index < -0.39 is 0 Å². The van der Waals surface area contributed by atoms with Gasteiger partial charge in [0.25, 0.3) is 0 Å². The SMILES string of the molecule is C=Cc1c(C)c(=O)c1=N. The van der Waals surface area contributed by atoms with Gasteiger partial charge < -0.3 is 0 Å². The summed E-state index contributed by atoms with van der Waals surface area (Å²) in [4.78, 5) is 10.6. The summed E-state index contributed by atoms with van der Waals surface area (Å²) in [6.07, 6.45) is 1.54. The highest BCUT2D eigenvalue weighted by Crippen LogP contribution is 1.97. The summed E-state index contributed by atoms with van der Waals surface area (Å²) in [5.74, 6) is 0. The van der Waals surface area contributed by atoms with Crippen LogP contribution in [0.1, 0.15) is 11.1 Å². The van der Waals surface area contributed by atoms with Gasteiger partial charge in [-0.15, -0.1) is 0 Å². The minimum absolute atomic E-state index is 0.0995. The molecule has 0 radical (unpaired) electrons. The average Bonchev–Trinajstić information content (AvgIpc) is 1.89. The van der Waals surface area contributed by atoms with Gasteiger partial charge in [0.1, 0.15) is 5.36 Å². The van der Waals surface area contributed by atoms with Crippen molar-refractivity contribution < 1.29 is 0 Å². The van der Waals surface area contributed by atoms with E-state index in [0.29, 0.717) is 11.1 Å². The lowest BCUT2D eigenvalue weighted by Gasteiger charge is -2.00. The van der Waals surface area contributed by atoms with Gasteiger partial charge in [-0.1, -0.05) is 12.7 Å². The first kappa shape index (κ1) is 5.95. The Morgan fingerprint density at radius 1 is 1.67 bits per heavy atom. The molecule has 0 atom stereocenters. The first-order valence-electron chi connectivity index (χ1n) is 2.65. The Bertz CT molecular complexity index is 315. The Balaban J connectivity index is 3.42. The van der Waals surface area contributed by atoms with Crippen molar-refractivity contribution in [1.82, 2.24) is 0 Å². The lowest BCUT2D eigenvalue weighted by molar-refractivity contribution is 1.12. The Morgan fingerprint density at radius 2 is 2.22 bits per heavy atom. The fourth-order valence-corrected chi connectivity index (χ4v) is 0.812. The standard InChI is InChI=1S/C7H7NO/c1-3-5-4(2)7(9)6(5)8/h3,8H,1H2,2H3. The largest absolute Gasteiger partial charge is 0.296 e. The molecule has 0 aliphatic carbocycles. The van der Waals surface area contributed by atoms with Crippen molar-refractivity contribution in [3.05, 3.63) is 33.3 Å². The van der Waals surface area contributed by atoms with Crippen molar-refractivity contribution in [1.29, 1.82) is 5.41 Å². The molecule has 2 heteroatoms. The first-order valence-corrected chi connectivity index (χ1v) is 2.65. The number of nitrogens with one attached hydrogen (secondary N) is 1. The van der Waals surface area contributed by atoms with Gasteiger partial charge in [0, 0.05) is 11.1 Å². The molecule has 0 aliphatic heterocycles. The van der Waals surface area contributed by atoms with E-state index in [1.807, 2.05) is 0 Å². The minimum atomic E-state index is -0.148. The summed E-state index contributed by atoms with van der Waals surface area (Å²) in [5, 5.41) is 7.14. The van der Waals surface area contributed by atoms with Crippen LogP contribution in [-0.2, 0) is 0 Å². The Morgan fingerprint density at radius 3 is 2.44 bits per heavy atom. The van der Waals surface area contributed by atoms with Crippen LogP contribution in [-0.4, -0.2) is 0 Å². The maximum atomic E-state index is 10.6. The van der Waals surface area contributed by atoms with E-state index in [0.717, 1.165) is 0 Å². The summed E-state index contributed by atoms with van der Waals surface area (Å²) in [6, 6.07) is 0. The normalized spacial score (nSPS) is 9.89. The van der Waals surface area contributed by atoms with Crippen molar-refractivity contribution in [3.63, 3.8) is 0 Å². The molecule has 1 rings (SSSR count). The third-order valence-electron chi connectivity index (χ3n) is 1.45. The van der Waals surface area contributed by atoms with Gasteiger partial charge in [-0.05, 0) is 6.92 Å². The smallest absolute Gasteiger partial charge is 0.207 e. The highest BCUT2D eigenvalue weighted by Gasteiger charge is 2.08. The van der Waals surface area contributed by atoms with E-state index in [-0.39, 0.29) is 10.8 Å². The highest BCUT2D eigenvalue weighted by molar-refractivity contribution is 5.54. The van der Waals surface area contributed by atoms with Crippen LogP contribution in [0.4, 0.5) is 0 Å². The summed E-state index contributed by atoms with van der Waals surface area (Å²) in [7, 11) is 0. The Hall–Kier alpha value is -1.18. The van der Waals surface area contributed by atoms with Crippen molar-refractivity contribution in [3.8, 4) is 0 Å². The predicted molar refractivity (Wildman–Crippen MR) is 35.8 cm³/mol. The second-order valence-corrected chi connectivity index (χ2v) is 1.95. The summed E-state index contributed by atoms with van der Waals surface area (Å²) >= 11 is 0. The first-order chi connectivity index (χ1) is 4.18. The predicted octanol–water partition coefficient (Wildman–Crippen LogP) is 0.353. The van der Waals surface area contributed by atoms with E-state index in [9.17, 15) is 4.79 Å². The monoisotopic (exact) mass is 121 g/mol.